The third-order valence-corrected chi connectivity index (χ3v) is 6.66. The standard InChI is InChI=1S/C16H21O7PS/c17-14(18)7-6-12(15(19)20)9-24(23,25)10-13(16(21)22)8-11-4-2-1-3-5-11/h1-5,12-13H,6-10H2,(H,17,18)(H,19,20)(H,21,22)(H,23,25). The fourth-order valence-electron chi connectivity index (χ4n) is 2.48. The number of carbonyl (C=O) groups is 3. The maximum absolute atomic E-state index is 11.5. The van der Waals surface area contributed by atoms with E-state index in [1.165, 1.54) is 0 Å². The highest BCUT2D eigenvalue weighted by molar-refractivity contribution is 8.11. The summed E-state index contributed by atoms with van der Waals surface area (Å²) >= 11 is 5.12. The van der Waals surface area contributed by atoms with Crippen LogP contribution < -0.4 is 0 Å². The van der Waals surface area contributed by atoms with Crippen LogP contribution in [0.25, 0.3) is 0 Å². The first-order valence-electron chi connectivity index (χ1n) is 7.63. The van der Waals surface area contributed by atoms with Gasteiger partial charge in [-0.05, 0) is 18.4 Å². The number of carboxylic acids is 3. The van der Waals surface area contributed by atoms with Crippen molar-refractivity contribution in [3.63, 3.8) is 0 Å². The van der Waals surface area contributed by atoms with Gasteiger partial charge in [0.25, 0.3) is 0 Å². The largest absolute Gasteiger partial charge is 0.481 e. The second kappa shape index (κ2) is 9.65. The number of carboxylic acid groups (broad SMARTS) is 3. The number of rotatable bonds is 11. The molecule has 1 rings (SSSR count). The van der Waals surface area contributed by atoms with Crippen LogP contribution in [0.5, 0.6) is 0 Å². The Hall–Kier alpha value is -1.76. The van der Waals surface area contributed by atoms with Crippen LogP contribution >= 0.6 is 6.26 Å². The van der Waals surface area contributed by atoms with Gasteiger partial charge in [0.2, 0.25) is 0 Å². The Morgan fingerprint density at radius 3 is 1.96 bits per heavy atom. The van der Waals surface area contributed by atoms with Gasteiger partial charge < -0.3 is 20.2 Å². The topological polar surface area (TPSA) is 132 Å². The zero-order chi connectivity index (χ0) is 19.0. The van der Waals surface area contributed by atoms with Gasteiger partial charge in [0.15, 0.2) is 0 Å². The first kappa shape index (κ1) is 21.3. The van der Waals surface area contributed by atoms with E-state index in [1.807, 2.05) is 0 Å². The molecule has 0 aliphatic carbocycles. The predicted molar refractivity (Wildman–Crippen MR) is 95.5 cm³/mol. The highest BCUT2D eigenvalue weighted by Crippen LogP contribution is 2.46. The summed E-state index contributed by atoms with van der Waals surface area (Å²) in [5, 5.41) is 27.2. The van der Waals surface area contributed by atoms with E-state index in [0.717, 1.165) is 5.56 Å². The number of aliphatic carboxylic acids is 3. The average Bonchev–Trinajstić information content (AvgIpc) is 2.51. The number of hydrogen-bond acceptors (Lipinski definition) is 4. The van der Waals surface area contributed by atoms with E-state index in [9.17, 15) is 29.5 Å². The lowest BCUT2D eigenvalue weighted by atomic mass is 10.0. The Kier molecular flexibility index (Phi) is 8.22. The van der Waals surface area contributed by atoms with Gasteiger partial charge in [0, 0.05) is 18.7 Å². The summed E-state index contributed by atoms with van der Waals surface area (Å²) < 4.78 is 0. The van der Waals surface area contributed by atoms with Crippen molar-refractivity contribution in [2.75, 3.05) is 12.3 Å². The monoisotopic (exact) mass is 388 g/mol. The van der Waals surface area contributed by atoms with Crippen LogP contribution in [-0.2, 0) is 32.6 Å². The van der Waals surface area contributed by atoms with Gasteiger partial charge >= 0.3 is 17.9 Å². The Morgan fingerprint density at radius 2 is 1.48 bits per heavy atom. The maximum atomic E-state index is 11.5. The van der Waals surface area contributed by atoms with Crippen LogP contribution in [0.3, 0.4) is 0 Å². The molecule has 0 bridgehead atoms. The quantitative estimate of drug-likeness (QED) is 0.423. The van der Waals surface area contributed by atoms with Crippen LogP contribution in [0.15, 0.2) is 30.3 Å². The molecule has 4 N–H and O–H groups in total. The number of hydrogen-bond donors (Lipinski definition) is 4. The second-order valence-corrected chi connectivity index (χ2v) is 10.4. The number of benzene rings is 1. The molecule has 25 heavy (non-hydrogen) atoms. The first-order chi connectivity index (χ1) is 11.6. The van der Waals surface area contributed by atoms with E-state index in [1.54, 1.807) is 30.3 Å². The molecule has 0 aromatic heterocycles. The Labute approximate surface area is 150 Å². The molecule has 0 saturated carbocycles. The van der Waals surface area contributed by atoms with E-state index in [-0.39, 0.29) is 31.6 Å². The minimum Gasteiger partial charge on any atom is -0.481 e. The smallest absolute Gasteiger partial charge is 0.307 e. The maximum Gasteiger partial charge on any atom is 0.307 e. The van der Waals surface area contributed by atoms with Crippen LogP contribution in [0.2, 0.25) is 0 Å². The summed E-state index contributed by atoms with van der Waals surface area (Å²) in [7, 11) is 0. The molecule has 0 spiro atoms. The van der Waals surface area contributed by atoms with Gasteiger partial charge in [-0.15, -0.1) is 0 Å². The Balaban J connectivity index is 2.79. The van der Waals surface area contributed by atoms with Gasteiger partial charge in [-0.2, -0.15) is 0 Å². The van der Waals surface area contributed by atoms with Crippen molar-refractivity contribution in [3.05, 3.63) is 35.9 Å². The van der Waals surface area contributed by atoms with Crippen LogP contribution in [-0.4, -0.2) is 50.4 Å². The SMILES string of the molecule is O=C(O)CCC(CP(O)(=S)CC(Cc1ccccc1)C(=O)O)C(=O)O. The minimum absolute atomic E-state index is 0.153. The Morgan fingerprint density at radius 1 is 0.960 bits per heavy atom. The average molecular weight is 388 g/mol. The van der Waals surface area contributed by atoms with E-state index >= 15 is 0 Å². The molecule has 3 atom stereocenters. The zero-order valence-corrected chi connectivity index (χ0v) is 15.2. The molecule has 0 aliphatic heterocycles. The van der Waals surface area contributed by atoms with E-state index in [4.69, 9.17) is 16.9 Å². The summed E-state index contributed by atoms with van der Waals surface area (Å²) in [6.07, 6.45) is -4.01. The second-order valence-electron chi connectivity index (χ2n) is 5.90. The van der Waals surface area contributed by atoms with Crippen molar-refractivity contribution in [3.8, 4) is 0 Å². The van der Waals surface area contributed by atoms with Crippen molar-refractivity contribution in [1.82, 2.24) is 0 Å². The van der Waals surface area contributed by atoms with Gasteiger partial charge in [-0.3, -0.25) is 14.4 Å². The van der Waals surface area contributed by atoms with Gasteiger partial charge in [0.05, 0.1) is 18.1 Å². The van der Waals surface area contributed by atoms with Crippen LogP contribution in [0, 0.1) is 11.8 Å². The Bertz CT molecular complexity index is 662. The molecule has 1 aromatic rings. The third kappa shape index (κ3) is 8.25. The fourth-order valence-corrected chi connectivity index (χ4v) is 5.71. The van der Waals surface area contributed by atoms with Gasteiger partial charge in [-0.25, -0.2) is 0 Å². The van der Waals surface area contributed by atoms with E-state index < -0.39 is 36.0 Å². The van der Waals surface area contributed by atoms with Crippen molar-refractivity contribution < 1.29 is 34.6 Å². The lowest BCUT2D eigenvalue weighted by Gasteiger charge is -2.23. The normalized spacial score (nSPS) is 15.7. The molecular weight excluding hydrogens is 367 g/mol. The van der Waals surface area contributed by atoms with Crippen LogP contribution in [0.4, 0.5) is 0 Å². The third-order valence-electron chi connectivity index (χ3n) is 3.74. The van der Waals surface area contributed by atoms with E-state index in [0.29, 0.717) is 0 Å². The molecule has 138 valence electrons. The molecule has 1 aromatic carbocycles. The summed E-state index contributed by atoms with van der Waals surface area (Å²) in [4.78, 5) is 43.8. The summed E-state index contributed by atoms with van der Waals surface area (Å²) in [6.45, 7) is 0. The molecule has 7 nitrogen and oxygen atoms in total. The highest BCUT2D eigenvalue weighted by atomic mass is 32.4. The minimum atomic E-state index is -3.23. The van der Waals surface area contributed by atoms with Crippen LogP contribution in [0.1, 0.15) is 18.4 Å². The first-order valence-corrected chi connectivity index (χ1v) is 10.8. The van der Waals surface area contributed by atoms with Crippen molar-refractivity contribution in [2.45, 2.75) is 19.3 Å². The fraction of sp³-hybridized carbons (Fsp3) is 0.438. The van der Waals surface area contributed by atoms with Crippen molar-refractivity contribution >= 4 is 36.0 Å². The zero-order valence-electron chi connectivity index (χ0n) is 13.4. The molecule has 0 heterocycles. The van der Waals surface area contributed by atoms with E-state index in [2.05, 4.69) is 0 Å². The summed E-state index contributed by atoms with van der Waals surface area (Å²) in [6, 6.07) is 8.88. The van der Waals surface area contributed by atoms with Crippen molar-refractivity contribution in [2.24, 2.45) is 11.8 Å². The van der Waals surface area contributed by atoms with Gasteiger partial charge in [0.1, 0.15) is 0 Å². The summed E-state index contributed by atoms with van der Waals surface area (Å²) in [5.41, 5.74) is 0.783. The molecule has 0 fully saturated rings. The lowest BCUT2D eigenvalue weighted by molar-refractivity contribution is -0.142. The molecule has 0 aliphatic rings. The molecule has 0 amide bonds. The molecule has 0 radical (unpaired) electrons. The molecule has 9 heteroatoms. The van der Waals surface area contributed by atoms with Crippen molar-refractivity contribution in [1.29, 1.82) is 0 Å². The predicted octanol–water partition coefficient (Wildman–Crippen LogP) is 1.88. The summed E-state index contributed by atoms with van der Waals surface area (Å²) in [5.74, 6) is -5.50. The lowest BCUT2D eigenvalue weighted by Crippen LogP contribution is -2.25. The molecule has 3 unspecified atom stereocenters. The molecular formula is C16H21O7PS. The molecule has 0 saturated heterocycles. The highest BCUT2D eigenvalue weighted by Gasteiger charge is 2.31. The van der Waals surface area contributed by atoms with Gasteiger partial charge in [-0.1, -0.05) is 42.1 Å².